The van der Waals surface area contributed by atoms with Gasteiger partial charge in [0.2, 0.25) is 0 Å². The fraction of sp³-hybridized carbons (Fsp3) is 1.00. The molecule has 0 aromatic rings. The van der Waals surface area contributed by atoms with Gasteiger partial charge >= 0.3 is 50.4 Å². The smallest absolute Gasteiger partial charge is 1.00 e. The Bertz CT molecular complexity index is 260. The van der Waals surface area contributed by atoms with Crippen molar-refractivity contribution in [2.75, 3.05) is 13.2 Å². The number of rotatable bonds is 2. The Hall–Kier alpha value is 0.620. The zero-order valence-electron chi connectivity index (χ0n) is 8.96. The SMILES string of the molecule is O=S(=O)(O)O.O=S(=O)(O)O.OCCOO.[H-].[Na+]. The third-order valence-corrected chi connectivity index (χ3v) is 0.183. The van der Waals surface area contributed by atoms with Gasteiger partial charge in [0.25, 0.3) is 0 Å². The van der Waals surface area contributed by atoms with E-state index in [-0.39, 0.29) is 44.2 Å². The van der Waals surface area contributed by atoms with E-state index in [2.05, 4.69) is 4.89 Å². The number of aliphatic hydroxyl groups is 1. The Balaban J connectivity index is -0.0000000400. The molecule has 14 heteroatoms. The third kappa shape index (κ3) is 395. The molecule has 6 N–H and O–H groups in total. The first-order valence-electron chi connectivity index (χ1n) is 2.68. The average Bonchev–Trinajstić information content (AvgIpc) is 1.80. The van der Waals surface area contributed by atoms with Crippen molar-refractivity contribution in [1.82, 2.24) is 0 Å². The zero-order chi connectivity index (χ0) is 13.1. The predicted molar refractivity (Wildman–Crippen MR) is 45.1 cm³/mol. The van der Waals surface area contributed by atoms with Crippen molar-refractivity contribution >= 4 is 20.8 Å². The van der Waals surface area contributed by atoms with Crippen LogP contribution in [0.25, 0.3) is 0 Å². The summed E-state index contributed by atoms with van der Waals surface area (Å²) >= 11 is 0. The van der Waals surface area contributed by atoms with Crippen LogP contribution in [0.1, 0.15) is 1.43 Å². The molecule has 0 aromatic carbocycles. The van der Waals surface area contributed by atoms with Gasteiger partial charge in [0.1, 0.15) is 6.61 Å². The van der Waals surface area contributed by atoms with Crippen LogP contribution in [-0.2, 0) is 25.7 Å². The van der Waals surface area contributed by atoms with Crippen molar-refractivity contribution in [2.24, 2.45) is 0 Å². The van der Waals surface area contributed by atoms with Gasteiger partial charge in [0.05, 0.1) is 6.61 Å². The van der Waals surface area contributed by atoms with Crippen LogP contribution in [0, 0.1) is 0 Å². The fourth-order valence-corrected chi connectivity index (χ4v) is 0.0408. The van der Waals surface area contributed by atoms with E-state index >= 15 is 0 Å². The van der Waals surface area contributed by atoms with Crippen molar-refractivity contribution in [3.63, 3.8) is 0 Å². The first-order valence-corrected chi connectivity index (χ1v) is 5.48. The van der Waals surface area contributed by atoms with E-state index in [1.807, 2.05) is 0 Å². The summed E-state index contributed by atoms with van der Waals surface area (Å²) in [7, 11) is -9.33. The minimum absolute atomic E-state index is 0. The molecule has 11 nitrogen and oxygen atoms in total. The zero-order valence-corrected chi connectivity index (χ0v) is 11.6. The number of hydrogen-bond acceptors (Lipinski definition) is 7. The van der Waals surface area contributed by atoms with Crippen LogP contribution in [0.2, 0.25) is 0 Å². The van der Waals surface area contributed by atoms with E-state index in [1.165, 1.54) is 0 Å². The summed E-state index contributed by atoms with van der Waals surface area (Å²) in [5.41, 5.74) is 0. The summed E-state index contributed by atoms with van der Waals surface area (Å²) < 4.78 is 63.2. The quantitative estimate of drug-likeness (QED) is 0.124. The van der Waals surface area contributed by atoms with Crippen molar-refractivity contribution in [3.05, 3.63) is 0 Å². The minimum Gasteiger partial charge on any atom is -1.00 e. The largest absolute Gasteiger partial charge is 1.00 e. The molecular formula is C2H11NaO11S2. The summed E-state index contributed by atoms with van der Waals surface area (Å²) in [6, 6.07) is 0. The van der Waals surface area contributed by atoms with Crippen LogP contribution < -0.4 is 29.6 Å². The maximum absolute atomic E-state index is 8.74. The van der Waals surface area contributed by atoms with E-state index in [9.17, 15) is 0 Å². The van der Waals surface area contributed by atoms with E-state index in [0.717, 1.165) is 0 Å². The molecule has 0 fully saturated rings. The second-order valence-corrected chi connectivity index (χ2v) is 3.24. The topological polar surface area (TPSA) is 199 Å². The molecule has 0 heterocycles. The maximum atomic E-state index is 8.74. The molecule has 98 valence electrons. The predicted octanol–water partition coefficient (Wildman–Crippen LogP) is -4.72. The summed E-state index contributed by atoms with van der Waals surface area (Å²) in [6.07, 6.45) is 0. The average molecular weight is 298 g/mol. The minimum atomic E-state index is -4.67. The van der Waals surface area contributed by atoms with Gasteiger partial charge < -0.3 is 6.53 Å². The van der Waals surface area contributed by atoms with Gasteiger partial charge in [-0.2, -0.15) is 16.8 Å². The number of aliphatic hydroxyl groups excluding tert-OH is 1. The molecule has 0 aliphatic carbocycles. The number of hydrogen-bond donors (Lipinski definition) is 6. The van der Waals surface area contributed by atoms with Gasteiger partial charge in [-0.15, -0.1) is 0 Å². The molecule has 0 aromatic heterocycles. The van der Waals surface area contributed by atoms with Gasteiger partial charge in [0, 0.05) is 0 Å². The summed E-state index contributed by atoms with van der Waals surface area (Å²) in [4.78, 5) is 3.44. The van der Waals surface area contributed by atoms with Gasteiger partial charge in [-0.1, -0.05) is 0 Å². The molecule has 0 radical (unpaired) electrons. The van der Waals surface area contributed by atoms with Crippen molar-refractivity contribution in [2.45, 2.75) is 0 Å². The first kappa shape index (κ1) is 25.5. The third-order valence-electron chi connectivity index (χ3n) is 0.183. The molecule has 0 bridgehead atoms. The summed E-state index contributed by atoms with van der Waals surface area (Å²) in [6.45, 7) is -0.128. The van der Waals surface area contributed by atoms with Crippen LogP contribution in [0.15, 0.2) is 0 Å². The monoisotopic (exact) mass is 298 g/mol. The maximum Gasteiger partial charge on any atom is 1.00 e. The Morgan fingerprint density at radius 1 is 0.938 bits per heavy atom. The molecule has 0 rings (SSSR count). The van der Waals surface area contributed by atoms with Crippen LogP contribution >= 0.6 is 0 Å². The normalized spacial score (nSPS) is 9.88. The Labute approximate surface area is 115 Å². The molecule has 0 aliphatic rings. The van der Waals surface area contributed by atoms with Gasteiger partial charge in [-0.05, 0) is 0 Å². The Kier molecular flexibility index (Phi) is 21.8. The second-order valence-electron chi connectivity index (χ2n) is 1.45. The Morgan fingerprint density at radius 3 is 1.12 bits per heavy atom. The van der Waals surface area contributed by atoms with E-state index in [0.29, 0.717) is 0 Å². The Morgan fingerprint density at radius 2 is 1.12 bits per heavy atom. The molecule has 0 saturated heterocycles. The molecule has 16 heavy (non-hydrogen) atoms. The van der Waals surface area contributed by atoms with E-state index in [4.69, 9.17) is 45.4 Å². The van der Waals surface area contributed by atoms with Crippen LogP contribution in [0.4, 0.5) is 0 Å². The van der Waals surface area contributed by atoms with Crippen LogP contribution in [-0.4, -0.2) is 58.6 Å². The molecule has 0 unspecified atom stereocenters. The fourth-order valence-electron chi connectivity index (χ4n) is 0.0408. The first-order chi connectivity index (χ1) is 6.41. The van der Waals surface area contributed by atoms with Crippen molar-refractivity contribution in [3.8, 4) is 0 Å². The van der Waals surface area contributed by atoms with Crippen LogP contribution in [0.3, 0.4) is 0 Å². The van der Waals surface area contributed by atoms with Gasteiger partial charge in [-0.3, -0.25) is 23.5 Å². The van der Waals surface area contributed by atoms with E-state index in [1.54, 1.807) is 0 Å². The van der Waals surface area contributed by atoms with E-state index < -0.39 is 20.8 Å². The standard InChI is InChI=1S/C2H6O3.Na.2H2O4S.H/c3-1-2-5-4;;2*1-5(2,3)4;/h3-4H,1-2H2;;2*(H2,1,2,3,4);/q;+1;;;-1. The van der Waals surface area contributed by atoms with Gasteiger partial charge in [0.15, 0.2) is 0 Å². The van der Waals surface area contributed by atoms with Crippen molar-refractivity contribution in [1.29, 1.82) is 0 Å². The van der Waals surface area contributed by atoms with Gasteiger partial charge in [-0.25, -0.2) is 4.89 Å². The van der Waals surface area contributed by atoms with Crippen LogP contribution in [0.5, 0.6) is 0 Å². The molecule has 0 atom stereocenters. The molecule has 0 spiro atoms. The molecule has 0 aliphatic heterocycles. The molecule has 0 saturated carbocycles. The summed E-state index contributed by atoms with van der Waals surface area (Å²) in [5, 5.41) is 15.2. The molecule has 0 amide bonds. The molecular weight excluding hydrogens is 287 g/mol. The second kappa shape index (κ2) is 13.7. The summed E-state index contributed by atoms with van der Waals surface area (Å²) in [5.74, 6) is 0. The van der Waals surface area contributed by atoms with Crippen molar-refractivity contribution < 1.29 is 81.3 Å².